The lowest BCUT2D eigenvalue weighted by atomic mass is 9.97. The molecule has 1 aromatic heterocycles. The molecule has 0 aliphatic carbocycles. The third-order valence-electron chi connectivity index (χ3n) is 3.15. The van der Waals surface area contributed by atoms with Crippen LogP contribution in [0.1, 0.15) is 32.8 Å². The SMILES string of the molecule is CC(C)(C)C(=O)ON1CC=C(c2ccc(N)nc2)CC1. The van der Waals surface area contributed by atoms with Crippen LogP contribution in [0.4, 0.5) is 5.82 Å². The second-order valence-electron chi connectivity index (χ2n) is 5.97. The number of carbonyl (C=O) groups excluding carboxylic acids is 1. The second kappa shape index (κ2) is 5.63. The lowest BCUT2D eigenvalue weighted by Crippen LogP contribution is -2.36. The molecule has 0 aromatic carbocycles. The molecule has 0 spiro atoms. The third-order valence-corrected chi connectivity index (χ3v) is 3.15. The van der Waals surface area contributed by atoms with Crippen LogP contribution in [-0.4, -0.2) is 29.1 Å². The molecule has 0 radical (unpaired) electrons. The maximum atomic E-state index is 11.8. The van der Waals surface area contributed by atoms with Crippen molar-refractivity contribution >= 4 is 17.4 Å². The Balaban J connectivity index is 1.97. The van der Waals surface area contributed by atoms with Crippen LogP contribution in [-0.2, 0) is 9.63 Å². The van der Waals surface area contributed by atoms with Gasteiger partial charge in [-0.2, -0.15) is 0 Å². The van der Waals surface area contributed by atoms with Crippen molar-refractivity contribution in [2.24, 2.45) is 5.41 Å². The van der Waals surface area contributed by atoms with Crippen LogP contribution in [0.2, 0.25) is 0 Å². The zero-order valence-corrected chi connectivity index (χ0v) is 12.2. The van der Waals surface area contributed by atoms with E-state index in [1.807, 2.05) is 26.8 Å². The molecule has 0 saturated carbocycles. The minimum Gasteiger partial charge on any atom is -0.384 e. The fourth-order valence-corrected chi connectivity index (χ4v) is 1.85. The zero-order chi connectivity index (χ0) is 14.8. The fourth-order valence-electron chi connectivity index (χ4n) is 1.85. The van der Waals surface area contributed by atoms with Gasteiger partial charge in [-0.25, -0.2) is 9.78 Å². The van der Waals surface area contributed by atoms with Gasteiger partial charge in [-0.05, 0) is 50.5 Å². The van der Waals surface area contributed by atoms with Crippen molar-refractivity contribution in [3.05, 3.63) is 30.0 Å². The third kappa shape index (κ3) is 3.57. The van der Waals surface area contributed by atoms with E-state index in [1.54, 1.807) is 17.3 Å². The molecule has 0 bridgehead atoms. The number of aromatic nitrogens is 1. The molecule has 1 aromatic rings. The summed E-state index contributed by atoms with van der Waals surface area (Å²) < 4.78 is 0. The molecule has 20 heavy (non-hydrogen) atoms. The smallest absolute Gasteiger partial charge is 0.330 e. The lowest BCUT2D eigenvalue weighted by molar-refractivity contribution is -0.198. The number of carbonyl (C=O) groups is 1. The van der Waals surface area contributed by atoms with Gasteiger partial charge in [-0.15, -0.1) is 5.06 Å². The second-order valence-corrected chi connectivity index (χ2v) is 5.97. The average Bonchev–Trinajstić information content (AvgIpc) is 2.39. The molecular weight excluding hydrogens is 254 g/mol. The Kier molecular flexibility index (Phi) is 4.09. The summed E-state index contributed by atoms with van der Waals surface area (Å²) in [6.45, 7) is 6.83. The summed E-state index contributed by atoms with van der Waals surface area (Å²) >= 11 is 0. The molecule has 2 N–H and O–H groups in total. The lowest BCUT2D eigenvalue weighted by Gasteiger charge is -2.27. The van der Waals surface area contributed by atoms with Gasteiger partial charge in [0.2, 0.25) is 0 Å². The molecule has 2 rings (SSSR count). The molecule has 2 heterocycles. The number of rotatable bonds is 2. The number of hydrogen-bond acceptors (Lipinski definition) is 5. The number of pyridine rings is 1. The van der Waals surface area contributed by atoms with Gasteiger partial charge in [0.25, 0.3) is 0 Å². The highest BCUT2D eigenvalue weighted by molar-refractivity contribution is 5.75. The van der Waals surface area contributed by atoms with Crippen LogP contribution in [0.25, 0.3) is 5.57 Å². The average molecular weight is 275 g/mol. The normalized spacial score (nSPS) is 16.6. The Morgan fingerprint density at radius 1 is 1.40 bits per heavy atom. The topological polar surface area (TPSA) is 68.5 Å². The Bertz CT molecular complexity index is 515. The van der Waals surface area contributed by atoms with E-state index in [1.165, 1.54) is 5.57 Å². The fraction of sp³-hybridized carbons (Fsp3) is 0.467. The number of anilines is 1. The van der Waals surface area contributed by atoms with Crippen LogP contribution in [0.5, 0.6) is 0 Å². The van der Waals surface area contributed by atoms with Crippen molar-refractivity contribution in [3.63, 3.8) is 0 Å². The molecule has 5 heteroatoms. The van der Waals surface area contributed by atoms with Gasteiger partial charge in [-0.3, -0.25) is 0 Å². The van der Waals surface area contributed by atoms with Crippen molar-refractivity contribution in [1.82, 2.24) is 10.0 Å². The molecule has 0 unspecified atom stereocenters. The molecule has 0 amide bonds. The highest BCUT2D eigenvalue weighted by atomic mass is 16.7. The van der Waals surface area contributed by atoms with E-state index in [9.17, 15) is 4.79 Å². The standard InChI is InChI=1S/C15H21N3O2/c1-15(2,3)14(19)20-18-8-6-11(7-9-18)12-4-5-13(16)17-10-12/h4-6,10H,7-9H2,1-3H3,(H2,16,17). The summed E-state index contributed by atoms with van der Waals surface area (Å²) in [7, 11) is 0. The first-order valence-corrected chi connectivity index (χ1v) is 6.74. The largest absolute Gasteiger partial charge is 0.384 e. The number of nitrogens with two attached hydrogens (primary N) is 1. The van der Waals surface area contributed by atoms with Gasteiger partial charge >= 0.3 is 5.97 Å². The van der Waals surface area contributed by atoms with Crippen LogP contribution in [0, 0.1) is 5.41 Å². The van der Waals surface area contributed by atoms with Gasteiger partial charge in [0, 0.05) is 12.7 Å². The Hall–Kier alpha value is -1.88. The first kappa shape index (κ1) is 14.5. The molecule has 1 aliphatic heterocycles. The minimum atomic E-state index is -0.481. The van der Waals surface area contributed by atoms with E-state index in [2.05, 4.69) is 11.1 Å². The van der Waals surface area contributed by atoms with E-state index in [0.717, 1.165) is 12.0 Å². The van der Waals surface area contributed by atoms with E-state index >= 15 is 0 Å². The van der Waals surface area contributed by atoms with E-state index in [4.69, 9.17) is 10.6 Å². The van der Waals surface area contributed by atoms with Crippen LogP contribution in [0.15, 0.2) is 24.4 Å². The highest BCUT2D eigenvalue weighted by Crippen LogP contribution is 2.23. The monoisotopic (exact) mass is 275 g/mol. The van der Waals surface area contributed by atoms with Crippen LogP contribution in [0.3, 0.4) is 0 Å². The Morgan fingerprint density at radius 3 is 2.65 bits per heavy atom. The molecular formula is C15H21N3O2. The number of hydroxylamine groups is 2. The minimum absolute atomic E-state index is 0.205. The number of nitrogens with zero attached hydrogens (tertiary/aromatic N) is 2. The van der Waals surface area contributed by atoms with Gasteiger partial charge in [0.05, 0.1) is 12.0 Å². The van der Waals surface area contributed by atoms with E-state index < -0.39 is 5.41 Å². The number of hydrogen-bond donors (Lipinski definition) is 1. The first-order chi connectivity index (χ1) is 9.36. The number of nitrogen functional groups attached to an aromatic ring is 1. The van der Waals surface area contributed by atoms with E-state index in [-0.39, 0.29) is 5.97 Å². The molecule has 0 atom stereocenters. The molecule has 5 nitrogen and oxygen atoms in total. The summed E-state index contributed by atoms with van der Waals surface area (Å²) in [5.74, 6) is 0.314. The Morgan fingerprint density at radius 2 is 2.15 bits per heavy atom. The zero-order valence-electron chi connectivity index (χ0n) is 12.2. The van der Waals surface area contributed by atoms with Gasteiger partial charge < -0.3 is 10.6 Å². The Labute approximate surface area is 119 Å². The summed E-state index contributed by atoms with van der Waals surface area (Å²) in [5, 5.41) is 1.70. The summed E-state index contributed by atoms with van der Waals surface area (Å²) in [4.78, 5) is 21.3. The summed E-state index contributed by atoms with van der Waals surface area (Å²) in [6, 6.07) is 3.76. The summed E-state index contributed by atoms with van der Waals surface area (Å²) in [5.41, 5.74) is 7.38. The molecule has 108 valence electrons. The van der Waals surface area contributed by atoms with Crippen LogP contribution >= 0.6 is 0 Å². The molecule has 1 aliphatic rings. The predicted molar refractivity (Wildman–Crippen MR) is 78.4 cm³/mol. The van der Waals surface area contributed by atoms with Gasteiger partial charge in [0.1, 0.15) is 5.82 Å². The van der Waals surface area contributed by atoms with E-state index in [0.29, 0.717) is 18.9 Å². The maximum Gasteiger partial charge on any atom is 0.330 e. The van der Waals surface area contributed by atoms with Gasteiger partial charge in [0.15, 0.2) is 0 Å². The predicted octanol–water partition coefficient (Wildman–Crippen LogP) is 2.26. The van der Waals surface area contributed by atoms with Crippen LogP contribution < -0.4 is 5.73 Å². The summed E-state index contributed by atoms with van der Waals surface area (Å²) in [6.07, 6.45) is 4.66. The van der Waals surface area contributed by atoms with Crippen molar-refractivity contribution in [1.29, 1.82) is 0 Å². The first-order valence-electron chi connectivity index (χ1n) is 6.74. The van der Waals surface area contributed by atoms with Gasteiger partial charge in [-0.1, -0.05) is 6.08 Å². The molecule has 0 fully saturated rings. The maximum absolute atomic E-state index is 11.8. The van der Waals surface area contributed by atoms with Crippen molar-refractivity contribution in [2.45, 2.75) is 27.2 Å². The molecule has 0 saturated heterocycles. The van der Waals surface area contributed by atoms with Crippen molar-refractivity contribution in [3.8, 4) is 0 Å². The van der Waals surface area contributed by atoms with Crippen molar-refractivity contribution in [2.75, 3.05) is 18.8 Å². The quantitative estimate of drug-likeness (QED) is 0.896. The van der Waals surface area contributed by atoms with Crippen molar-refractivity contribution < 1.29 is 9.63 Å². The highest BCUT2D eigenvalue weighted by Gasteiger charge is 2.26.